The third kappa shape index (κ3) is 5.84. The van der Waals surface area contributed by atoms with Crippen LogP contribution in [0, 0.1) is 27.7 Å². The molecule has 0 fully saturated rings. The van der Waals surface area contributed by atoms with Crippen LogP contribution in [-0.4, -0.2) is 0 Å². The van der Waals surface area contributed by atoms with E-state index in [1.807, 2.05) is 0 Å². The fourth-order valence-corrected chi connectivity index (χ4v) is 11.6. The Morgan fingerprint density at radius 2 is 0.676 bits per heavy atom. The molecule has 0 spiro atoms. The molecule has 0 aliphatic heterocycles. The summed E-state index contributed by atoms with van der Waals surface area (Å²) in [5.74, 6) is 0. The Bertz CT molecular complexity index is 4110. The molecule has 0 heterocycles. The molecule has 13 aromatic rings. The highest BCUT2D eigenvalue weighted by atomic mass is 14.6. The maximum absolute atomic E-state index is 8.02. The van der Waals surface area contributed by atoms with Gasteiger partial charge < -0.3 is 11.5 Å². The van der Waals surface area contributed by atoms with E-state index in [0.29, 0.717) is 0 Å². The van der Waals surface area contributed by atoms with Gasteiger partial charge in [0.1, 0.15) is 0 Å². The first-order chi connectivity index (χ1) is 33.2. The molecule has 322 valence electrons. The molecule has 0 aromatic heterocycles. The van der Waals surface area contributed by atoms with E-state index >= 15 is 0 Å². The van der Waals surface area contributed by atoms with Gasteiger partial charge in [0.2, 0.25) is 0 Å². The minimum absolute atomic E-state index is 0.759. The van der Waals surface area contributed by atoms with Crippen LogP contribution in [0.3, 0.4) is 0 Å². The van der Waals surface area contributed by atoms with Crippen molar-refractivity contribution >= 4 is 76.0 Å². The average molecular weight is 869 g/mol. The van der Waals surface area contributed by atoms with Crippen molar-refractivity contribution in [1.82, 2.24) is 0 Å². The number of benzene rings is 11. The van der Waals surface area contributed by atoms with Crippen molar-refractivity contribution in [3.8, 4) is 66.8 Å². The molecule has 68 heavy (non-hydrogen) atoms. The van der Waals surface area contributed by atoms with E-state index in [-0.39, 0.29) is 0 Å². The van der Waals surface area contributed by atoms with Gasteiger partial charge in [-0.15, -0.1) is 0 Å². The molecular weight excluding hydrogens is 821 g/mol. The highest BCUT2D eigenvalue weighted by molar-refractivity contribution is 6.51. The lowest BCUT2D eigenvalue weighted by molar-refractivity contribution is 1.46. The Morgan fingerprint density at radius 1 is 0.250 bits per heavy atom. The quantitative estimate of drug-likeness (QED) is 0.164. The molecule has 13 rings (SSSR count). The van der Waals surface area contributed by atoms with E-state index < -0.39 is 0 Å². The van der Waals surface area contributed by atoms with Gasteiger partial charge in [0.25, 0.3) is 0 Å². The second kappa shape index (κ2) is 15.0. The smallest absolute Gasteiger partial charge is 0.0486 e. The van der Waals surface area contributed by atoms with Crippen LogP contribution < -0.4 is 11.5 Å². The fourth-order valence-electron chi connectivity index (χ4n) is 11.6. The zero-order valence-corrected chi connectivity index (χ0v) is 38.6. The lowest BCUT2D eigenvalue weighted by atomic mass is 9.80. The van der Waals surface area contributed by atoms with Crippen LogP contribution in [0.15, 0.2) is 194 Å². The number of hydrogen-bond donors (Lipinski definition) is 2. The number of nitrogens with two attached hydrogens (primary N) is 2. The first kappa shape index (κ1) is 39.9. The van der Waals surface area contributed by atoms with E-state index in [4.69, 9.17) is 11.5 Å². The van der Waals surface area contributed by atoms with Crippen LogP contribution in [0.25, 0.3) is 131 Å². The lowest BCUT2D eigenvalue weighted by Crippen LogP contribution is -1.99. The minimum atomic E-state index is 0.759. The topological polar surface area (TPSA) is 52.0 Å². The second-order valence-electron chi connectivity index (χ2n) is 19.1. The highest BCUT2D eigenvalue weighted by Gasteiger charge is 2.33. The minimum Gasteiger partial charge on any atom is -0.399 e. The van der Waals surface area contributed by atoms with Crippen molar-refractivity contribution in [1.29, 1.82) is 0 Å². The normalized spacial score (nSPS) is 11.9. The molecule has 0 atom stereocenters. The molecule has 0 radical (unpaired) electrons. The van der Waals surface area contributed by atoms with Crippen molar-refractivity contribution in [2.75, 3.05) is 11.5 Å². The molecule has 2 heteroatoms. The van der Waals surface area contributed by atoms with Gasteiger partial charge in [0, 0.05) is 38.8 Å². The molecular formula is C66H48N2. The summed E-state index contributed by atoms with van der Waals surface area (Å²) in [5, 5.41) is 14.5. The fraction of sp³-hybridized carbons (Fsp3) is 0.0606. The molecule has 0 bridgehead atoms. The zero-order valence-electron chi connectivity index (χ0n) is 38.6. The van der Waals surface area contributed by atoms with Gasteiger partial charge in [-0.3, -0.25) is 0 Å². The molecule has 2 nitrogen and oxygen atoms in total. The number of hydrogen-bond acceptors (Lipinski definition) is 2. The van der Waals surface area contributed by atoms with Crippen LogP contribution >= 0.6 is 0 Å². The molecule has 0 aliphatic rings. The third-order valence-corrected chi connectivity index (χ3v) is 14.7. The summed E-state index contributed by atoms with van der Waals surface area (Å²) in [7, 11) is 0. The summed E-state index contributed by atoms with van der Waals surface area (Å²) < 4.78 is 0. The summed E-state index contributed by atoms with van der Waals surface area (Å²) in [6.07, 6.45) is 0. The Hall–Kier alpha value is -8.46. The van der Waals surface area contributed by atoms with E-state index in [2.05, 4.69) is 222 Å². The number of nitrogen functional groups attached to an aromatic ring is 2. The van der Waals surface area contributed by atoms with Gasteiger partial charge in [-0.05, 0) is 150 Å². The average Bonchev–Trinajstić information content (AvgIpc) is 3.86. The van der Waals surface area contributed by atoms with E-state index in [0.717, 1.165) is 55.7 Å². The van der Waals surface area contributed by atoms with E-state index in [1.165, 1.54) is 109 Å². The predicted octanol–water partition coefficient (Wildman–Crippen LogP) is 17.9. The second-order valence-corrected chi connectivity index (χ2v) is 19.1. The van der Waals surface area contributed by atoms with E-state index in [1.54, 1.807) is 0 Å². The first-order valence-electron chi connectivity index (χ1n) is 23.7. The lowest BCUT2D eigenvalue weighted by Gasteiger charge is -2.23. The van der Waals surface area contributed by atoms with Crippen molar-refractivity contribution in [3.05, 3.63) is 216 Å². The molecule has 4 N–H and O–H groups in total. The Morgan fingerprint density at radius 3 is 1.24 bits per heavy atom. The van der Waals surface area contributed by atoms with Crippen molar-refractivity contribution in [2.24, 2.45) is 0 Å². The summed E-state index contributed by atoms with van der Waals surface area (Å²) in [5.41, 5.74) is 34.9. The van der Waals surface area contributed by atoms with Crippen LogP contribution in [-0.2, 0) is 0 Å². The highest BCUT2D eigenvalue weighted by Crippen LogP contribution is 2.61. The van der Waals surface area contributed by atoms with Gasteiger partial charge in [-0.2, -0.15) is 0 Å². The largest absolute Gasteiger partial charge is 0.399 e. The van der Waals surface area contributed by atoms with Crippen LogP contribution in [0.5, 0.6) is 0 Å². The van der Waals surface area contributed by atoms with Gasteiger partial charge in [-0.25, -0.2) is 0 Å². The maximum atomic E-state index is 8.02. The number of rotatable bonds is 6. The summed E-state index contributed by atoms with van der Waals surface area (Å²) in [6.45, 7) is 8.69. The molecule has 0 aliphatic carbocycles. The summed E-state index contributed by atoms with van der Waals surface area (Å²) >= 11 is 0. The monoisotopic (exact) mass is 868 g/mol. The summed E-state index contributed by atoms with van der Waals surface area (Å²) in [4.78, 5) is 0. The summed E-state index contributed by atoms with van der Waals surface area (Å²) in [6, 6.07) is 71.9. The van der Waals surface area contributed by atoms with Gasteiger partial charge in [-0.1, -0.05) is 198 Å². The first-order valence-corrected chi connectivity index (χ1v) is 23.7. The SMILES string of the molecule is Cc1ccc(-c2c(-c3ccc(C)cc3)c3cc4c5cc(N)cc6cccc(c65)c4c4c5c(-c6ccccc6)c(-c6ccccc6)c(N)c(-c6ccc(C)cc6)c5c(c2-c2ccc(C)cc2)c34)cc1. The van der Waals surface area contributed by atoms with Crippen molar-refractivity contribution in [3.63, 3.8) is 0 Å². The van der Waals surface area contributed by atoms with Crippen LogP contribution in [0.1, 0.15) is 22.3 Å². The molecule has 0 amide bonds. The van der Waals surface area contributed by atoms with E-state index in [9.17, 15) is 0 Å². The number of aryl methyl sites for hydroxylation is 4. The molecule has 0 saturated heterocycles. The molecule has 0 saturated carbocycles. The van der Waals surface area contributed by atoms with Crippen molar-refractivity contribution in [2.45, 2.75) is 27.7 Å². The Kier molecular flexibility index (Phi) is 8.81. The van der Waals surface area contributed by atoms with Gasteiger partial charge in [0.05, 0.1) is 0 Å². The van der Waals surface area contributed by atoms with Crippen LogP contribution in [0.4, 0.5) is 11.4 Å². The Labute approximate surface area is 396 Å². The number of anilines is 2. The standard InChI is InChI=1S/C66H48N2/c1-37-18-26-43(27-19-37)54-52-36-51-50-35-48(67)34-47-16-11-17-49(53(47)50)60(51)65-61(52)62(56(45-30-22-39(3)23-31-45)55(54)44-28-20-38(2)21-29-44)64-59(46-32-24-40(4)25-33-46)66(68)58(42-14-9-6-10-15-42)57(63(64)65)41-12-7-5-8-13-41/h5-36H,67-68H2,1-4H3. The van der Waals surface area contributed by atoms with Gasteiger partial charge in [0.15, 0.2) is 0 Å². The Balaban J connectivity index is 1.45. The predicted molar refractivity (Wildman–Crippen MR) is 294 cm³/mol. The maximum Gasteiger partial charge on any atom is 0.0486 e. The molecule has 0 unspecified atom stereocenters. The molecule has 13 aromatic carbocycles. The van der Waals surface area contributed by atoms with Gasteiger partial charge >= 0.3 is 0 Å². The van der Waals surface area contributed by atoms with Crippen molar-refractivity contribution < 1.29 is 0 Å². The van der Waals surface area contributed by atoms with Crippen LogP contribution in [0.2, 0.25) is 0 Å². The zero-order chi connectivity index (χ0) is 45.9. The number of fused-ring (bicyclic) bond motifs is 7. The third-order valence-electron chi connectivity index (χ3n) is 14.7.